The smallest absolute Gasteiger partial charge is 0.245 e. The van der Waals surface area contributed by atoms with Crippen LogP contribution in [0.2, 0.25) is 0 Å². The molecule has 6 heteroatoms. The summed E-state index contributed by atoms with van der Waals surface area (Å²) in [6.45, 7) is 1.74. The molecule has 0 bridgehead atoms. The summed E-state index contributed by atoms with van der Waals surface area (Å²) < 4.78 is 5.00. The minimum Gasteiger partial charge on any atom is -0.472 e. The first-order chi connectivity index (χ1) is 7.83. The molecule has 6 nitrogen and oxygen atoms in total. The fraction of sp³-hybridized carbons (Fsp3) is 0.400. The van der Waals surface area contributed by atoms with E-state index >= 15 is 0 Å². The maximum absolute atomic E-state index is 5.84. The number of nitrogens with one attached hydrogen (secondary N) is 1. The number of hydrogen-bond donors (Lipinski definition) is 2. The molecule has 2 aromatic heterocycles. The predicted molar refractivity (Wildman–Crippen MR) is 58.9 cm³/mol. The number of aromatic amines is 1. The molecule has 3 heterocycles. The lowest BCUT2D eigenvalue weighted by atomic mass is 10.3. The predicted octanol–water partition coefficient (Wildman–Crippen LogP) is 0.602. The minimum atomic E-state index is 0.232. The Kier molecular flexibility index (Phi) is 2.14. The maximum Gasteiger partial charge on any atom is 0.245 e. The van der Waals surface area contributed by atoms with Gasteiger partial charge in [-0.05, 0) is 12.5 Å². The monoisotopic (exact) mass is 219 g/mol. The van der Waals surface area contributed by atoms with Gasteiger partial charge in [-0.1, -0.05) is 0 Å². The number of nitrogens with two attached hydrogens (primary N) is 1. The van der Waals surface area contributed by atoms with Crippen LogP contribution >= 0.6 is 0 Å². The highest BCUT2D eigenvalue weighted by Gasteiger charge is 2.22. The van der Waals surface area contributed by atoms with Crippen LogP contribution in [0.25, 0.3) is 11.4 Å². The second-order valence-electron chi connectivity index (χ2n) is 3.99. The highest BCUT2D eigenvalue weighted by atomic mass is 16.3. The van der Waals surface area contributed by atoms with Gasteiger partial charge in [-0.2, -0.15) is 4.98 Å². The summed E-state index contributed by atoms with van der Waals surface area (Å²) >= 11 is 0. The van der Waals surface area contributed by atoms with Crippen molar-refractivity contribution < 1.29 is 4.42 Å². The standard InChI is InChI=1S/C10H13N5O/c11-8-1-3-15(5-8)10-12-9(13-14-10)7-2-4-16-6-7/h2,4,6,8H,1,3,5,11H2,(H,12,13,14). The second-order valence-corrected chi connectivity index (χ2v) is 3.99. The Bertz CT molecular complexity index is 463. The van der Waals surface area contributed by atoms with E-state index < -0.39 is 0 Å². The van der Waals surface area contributed by atoms with Crippen molar-refractivity contribution in [2.24, 2.45) is 5.73 Å². The lowest BCUT2D eigenvalue weighted by Gasteiger charge is -2.11. The van der Waals surface area contributed by atoms with Gasteiger partial charge in [-0.15, -0.1) is 5.10 Å². The SMILES string of the molecule is NC1CCN(c2n[nH]c(-c3ccoc3)n2)C1. The number of furan rings is 1. The van der Waals surface area contributed by atoms with Gasteiger partial charge in [0.25, 0.3) is 0 Å². The number of hydrogen-bond acceptors (Lipinski definition) is 5. The molecule has 0 aromatic carbocycles. The van der Waals surface area contributed by atoms with Crippen LogP contribution in [-0.4, -0.2) is 34.3 Å². The number of aromatic nitrogens is 3. The van der Waals surface area contributed by atoms with Crippen LogP contribution in [-0.2, 0) is 0 Å². The van der Waals surface area contributed by atoms with Crippen molar-refractivity contribution in [3.05, 3.63) is 18.6 Å². The minimum absolute atomic E-state index is 0.232. The number of anilines is 1. The molecule has 0 radical (unpaired) electrons. The summed E-state index contributed by atoms with van der Waals surface area (Å²) in [6, 6.07) is 2.08. The lowest BCUT2D eigenvalue weighted by molar-refractivity contribution is 0.568. The number of rotatable bonds is 2. The molecule has 1 unspecified atom stereocenters. The third kappa shape index (κ3) is 1.57. The van der Waals surface area contributed by atoms with E-state index in [0.717, 1.165) is 30.9 Å². The van der Waals surface area contributed by atoms with Crippen molar-refractivity contribution in [2.75, 3.05) is 18.0 Å². The molecule has 3 N–H and O–H groups in total. The second kappa shape index (κ2) is 3.64. The molecular weight excluding hydrogens is 206 g/mol. The Morgan fingerprint density at radius 2 is 2.50 bits per heavy atom. The van der Waals surface area contributed by atoms with E-state index in [0.29, 0.717) is 5.95 Å². The molecule has 2 aromatic rings. The Hall–Kier alpha value is -1.82. The van der Waals surface area contributed by atoms with Gasteiger partial charge < -0.3 is 15.1 Å². The van der Waals surface area contributed by atoms with E-state index in [-0.39, 0.29) is 6.04 Å². The summed E-state index contributed by atoms with van der Waals surface area (Å²) in [5, 5.41) is 7.08. The van der Waals surface area contributed by atoms with Crippen molar-refractivity contribution >= 4 is 5.95 Å². The average Bonchev–Trinajstić information content (AvgIpc) is 2.97. The summed E-state index contributed by atoms with van der Waals surface area (Å²) in [5.41, 5.74) is 6.75. The highest BCUT2D eigenvalue weighted by Crippen LogP contribution is 2.20. The maximum atomic E-state index is 5.84. The van der Waals surface area contributed by atoms with Crippen LogP contribution in [0.4, 0.5) is 5.95 Å². The van der Waals surface area contributed by atoms with Gasteiger partial charge in [-0.25, -0.2) is 0 Å². The van der Waals surface area contributed by atoms with Crippen molar-refractivity contribution in [1.29, 1.82) is 0 Å². The average molecular weight is 219 g/mol. The van der Waals surface area contributed by atoms with E-state index in [1.54, 1.807) is 12.5 Å². The van der Waals surface area contributed by atoms with Crippen molar-refractivity contribution in [1.82, 2.24) is 15.2 Å². The molecule has 1 fully saturated rings. The molecule has 1 aliphatic rings. The van der Waals surface area contributed by atoms with E-state index in [2.05, 4.69) is 20.1 Å². The molecule has 1 aliphatic heterocycles. The lowest BCUT2D eigenvalue weighted by Crippen LogP contribution is -2.26. The molecule has 0 amide bonds. The van der Waals surface area contributed by atoms with Crippen LogP contribution in [0.3, 0.4) is 0 Å². The molecular formula is C10H13N5O. The van der Waals surface area contributed by atoms with Gasteiger partial charge in [-0.3, -0.25) is 5.10 Å². The fourth-order valence-electron chi connectivity index (χ4n) is 1.89. The number of nitrogens with zero attached hydrogens (tertiary/aromatic N) is 3. The normalized spacial score (nSPS) is 20.6. The number of H-pyrrole nitrogens is 1. The summed E-state index contributed by atoms with van der Waals surface area (Å²) in [4.78, 5) is 6.50. The van der Waals surface area contributed by atoms with Crippen LogP contribution < -0.4 is 10.6 Å². The topological polar surface area (TPSA) is 84.0 Å². The third-order valence-electron chi connectivity index (χ3n) is 2.78. The quantitative estimate of drug-likeness (QED) is 0.772. The van der Waals surface area contributed by atoms with Gasteiger partial charge in [0.1, 0.15) is 6.26 Å². The zero-order chi connectivity index (χ0) is 11.0. The van der Waals surface area contributed by atoms with E-state index in [4.69, 9.17) is 10.2 Å². The first-order valence-corrected chi connectivity index (χ1v) is 5.28. The zero-order valence-corrected chi connectivity index (χ0v) is 8.76. The van der Waals surface area contributed by atoms with Crippen LogP contribution in [0.15, 0.2) is 23.0 Å². The summed E-state index contributed by atoms with van der Waals surface area (Å²) in [6.07, 6.45) is 4.25. The van der Waals surface area contributed by atoms with Crippen LogP contribution in [0, 0.1) is 0 Å². The molecule has 0 spiro atoms. The Labute approximate surface area is 92.5 Å². The summed E-state index contributed by atoms with van der Waals surface area (Å²) in [7, 11) is 0. The molecule has 0 saturated carbocycles. The van der Waals surface area contributed by atoms with Crippen molar-refractivity contribution in [3.63, 3.8) is 0 Å². The fourth-order valence-corrected chi connectivity index (χ4v) is 1.89. The van der Waals surface area contributed by atoms with Gasteiger partial charge in [0.2, 0.25) is 5.95 Å². The zero-order valence-electron chi connectivity index (χ0n) is 8.76. The largest absolute Gasteiger partial charge is 0.472 e. The molecule has 0 aliphatic carbocycles. The van der Waals surface area contributed by atoms with Crippen molar-refractivity contribution in [3.8, 4) is 11.4 Å². The van der Waals surface area contributed by atoms with Crippen LogP contribution in [0.1, 0.15) is 6.42 Å². The van der Waals surface area contributed by atoms with Gasteiger partial charge in [0.05, 0.1) is 11.8 Å². The van der Waals surface area contributed by atoms with Gasteiger partial charge in [0, 0.05) is 19.1 Å². The molecule has 1 saturated heterocycles. The van der Waals surface area contributed by atoms with Crippen LogP contribution in [0.5, 0.6) is 0 Å². The first kappa shape index (κ1) is 9.41. The first-order valence-electron chi connectivity index (χ1n) is 5.28. The molecule has 3 rings (SSSR count). The molecule has 16 heavy (non-hydrogen) atoms. The van der Waals surface area contributed by atoms with E-state index in [1.807, 2.05) is 6.07 Å². The molecule has 1 atom stereocenters. The van der Waals surface area contributed by atoms with Crippen molar-refractivity contribution in [2.45, 2.75) is 12.5 Å². The Morgan fingerprint density at radius 1 is 1.56 bits per heavy atom. The molecule has 84 valence electrons. The Balaban J connectivity index is 1.83. The van der Waals surface area contributed by atoms with E-state index in [9.17, 15) is 0 Å². The summed E-state index contributed by atoms with van der Waals surface area (Å²) in [5.74, 6) is 1.44. The highest BCUT2D eigenvalue weighted by molar-refractivity contribution is 5.54. The van der Waals surface area contributed by atoms with Gasteiger partial charge in [0.15, 0.2) is 5.82 Å². The third-order valence-corrected chi connectivity index (χ3v) is 2.78. The Morgan fingerprint density at radius 3 is 3.19 bits per heavy atom. The van der Waals surface area contributed by atoms with Gasteiger partial charge >= 0.3 is 0 Å². The van der Waals surface area contributed by atoms with E-state index in [1.165, 1.54) is 0 Å².